The van der Waals surface area contributed by atoms with Gasteiger partial charge in [-0.25, -0.2) is 9.79 Å². The molecule has 128 valence electrons. The first-order valence-electron chi connectivity index (χ1n) is 8.77. The van der Waals surface area contributed by atoms with Gasteiger partial charge in [-0.05, 0) is 67.6 Å². The van der Waals surface area contributed by atoms with Crippen LogP contribution in [0.4, 0.5) is 10.5 Å². The van der Waals surface area contributed by atoms with E-state index in [-0.39, 0.29) is 17.5 Å². The van der Waals surface area contributed by atoms with Crippen molar-refractivity contribution in [1.82, 2.24) is 10.6 Å². The van der Waals surface area contributed by atoms with Gasteiger partial charge in [-0.3, -0.25) is 0 Å². The van der Waals surface area contributed by atoms with Crippen LogP contribution >= 0.6 is 0 Å². The number of aliphatic imine (C=N–C) groups is 1. The fraction of sp³-hybridized carbons (Fsp3) is 0.556. The Kier molecular flexibility index (Phi) is 3.62. The Morgan fingerprint density at radius 2 is 1.79 bits per heavy atom. The van der Waals surface area contributed by atoms with Gasteiger partial charge in [0.05, 0.1) is 5.69 Å². The molecule has 0 radical (unpaired) electrons. The number of urea groups is 1. The Hall–Kier alpha value is -2.24. The van der Waals surface area contributed by atoms with Crippen LogP contribution in [0.15, 0.2) is 29.3 Å². The molecule has 2 unspecified atom stereocenters. The normalized spacial score (nSPS) is 32.6. The molecule has 2 atom stereocenters. The fourth-order valence-corrected chi connectivity index (χ4v) is 5.29. The Labute approximate surface area is 142 Å². The zero-order valence-corrected chi connectivity index (χ0v) is 13.8. The van der Waals surface area contributed by atoms with Gasteiger partial charge in [0, 0.05) is 12.1 Å². The third-order valence-corrected chi connectivity index (χ3v) is 6.00. The van der Waals surface area contributed by atoms with Crippen molar-refractivity contribution in [2.45, 2.75) is 44.2 Å². The molecule has 5 rings (SSSR count). The second-order valence-corrected chi connectivity index (χ2v) is 7.71. The van der Waals surface area contributed by atoms with Gasteiger partial charge < -0.3 is 22.1 Å². The highest BCUT2D eigenvalue weighted by atomic mass is 16.2. The summed E-state index contributed by atoms with van der Waals surface area (Å²) in [6.45, 7) is 0.502. The molecule has 0 saturated heterocycles. The van der Waals surface area contributed by atoms with E-state index in [1.54, 1.807) is 0 Å². The van der Waals surface area contributed by atoms with E-state index in [4.69, 9.17) is 11.5 Å². The number of carbonyl (C=O) groups excluding carboxylic acids is 1. The molecule has 0 heterocycles. The maximum Gasteiger partial charge on any atom is 0.315 e. The number of nitrogens with two attached hydrogens (primary N) is 2. The highest BCUT2D eigenvalue weighted by Crippen LogP contribution is 2.60. The van der Waals surface area contributed by atoms with Gasteiger partial charge in [-0.15, -0.1) is 0 Å². The third kappa shape index (κ3) is 2.81. The van der Waals surface area contributed by atoms with Crippen LogP contribution < -0.4 is 22.1 Å². The predicted molar refractivity (Wildman–Crippen MR) is 93.6 cm³/mol. The van der Waals surface area contributed by atoms with Gasteiger partial charge in [0.2, 0.25) is 0 Å². The summed E-state index contributed by atoms with van der Waals surface area (Å²) in [7, 11) is 0. The van der Waals surface area contributed by atoms with Crippen molar-refractivity contribution in [1.29, 1.82) is 0 Å². The van der Waals surface area contributed by atoms with E-state index in [1.165, 1.54) is 32.1 Å². The summed E-state index contributed by atoms with van der Waals surface area (Å²) < 4.78 is 0. The first-order valence-corrected chi connectivity index (χ1v) is 8.77. The molecule has 0 spiro atoms. The summed E-state index contributed by atoms with van der Waals surface area (Å²) >= 11 is 0. The summed E-state index contributed by atoms with van der Waals surface area (Å²) in [6.07, 6.45) is 6.35. The third-order valence-electron chi connectivity index (χ3n) is 6.00. The summed E-state index contributed by atoms with van der Waals surface area (Å²) in [5.41, 5.74) is 12.5. The van der Waals surface area contributed by atoms with Gasteiger partial charge in [0.1, 0.15) is 0 Å². The van der Waals surface area contributed by atoms with E-state index in [2.05, 4.69) is 15.6 Å². The number of guanidine groups is 1. The molecule has 1 aromatic rings. The average Bonchev–Trinajstić information content (AvgIpc) is 2.89. The quantitative estimate of drug-likeness (QED) is 0.502. The molecule has 6 nitrogen and oxygen atoms in total. The number of nitrogens with zero attached hydrogens (tertiary/aromatic N) is 1. The smallest absolute Gasteiger partial charge is 0.315 e. The van der Waals surface area contributed by atoms with Crippen LogP contribution in [0.1, 0.15) is 37.7 Å². The topological polar surface area (TPSA) is 106 Å². The molecule has 4 aliphatic carbocycles. The Balaban J connectivity index is 1.32. The van der Waals surface area contributed by atoms with Crippen molar-refractivity contribution in [3.63, 3.8) is 0 Å². The number of benzene rings is 1. The molecule has 4 aliphatic rings. The minimum absolute atomic E-state index is 0.0419. The zero-order valence-electron chi connectivity index (χ0n) is 13.8. The highest BCUT2D eigenvalue weighted by Gasteiger charge is 2.58. The molecular weight excluding hydrogens is 302 g/mol. The first-order chi connectivity index (χ1) is 11.5. The van der Waals surface area contributed by atoms with E-state index >= 15 is 0 Å². The lowest BCUT2D eigenvalue weighted by molar-refractivity contribution is 0.206. The molecular formula is C18H25N5O. The van der Waals surface area contributed by atoms with Crippen molar-refractivity contribution in [3.8, 4) is 0 Å². The van der Waals surface area contributed by atoms with Gasteiger partial charge in [-0.2, -0.15) is 0 Å². The van der Waals surface area contributed by atoms with E-state index in [9.17, 15) is 4.79 Å². The number of nitrogens with one attached hydrogen (secondary N) is 2. The summed E-state index contributed by atoms with van der Waals surface area (Å²) in [6, 6.07) is 7.47. The van der Waals surface area contributed by atoms with Crippen LogP contribution in [0.2, 0.25) is 0 Å². The van der Waals surface area contributed by atoms with E-state index in [1.807, 2.05) is 24.3 Å². The maximum atomic E-state index is 12.4. The fourth-order valence-electron chi connectivity index (χ4n) is 5.29. The second-order valence-electron chi connectivity index (χ2n) is 7.71. The average molecular weight is 327 g/mol. The molecule has 6 N–H and O–H groups in total. The molecule has 4 bridgehead atoms. The standard InChI is InChI=1S/C18H25N5O/c19-16(20)22-15-3-1-11(2-4-15)10-21-17(24)23-18-8-12-5-13(9-18)7-14(18)6-12/h1-4,12-14H,5-10H2,(H4,19,20,22)(H2,21,23,24). The summed E-state index contributed by atoms with van der Waals surface area (Å²) in [5.74, 6) is 2.42. The molecule has 4 fully saturated rings. The molecule has 24 heavy (non-hydrogen) atoms. The van der Waals surface area contributed by atoms with Gasteiger partial charge in [-0.1, -0.05) is 12.1 Å². The van der Waals surface area contributed by atoms with Crippen molar-refractivity contribution in [2.24, 2.45) is 34.2 Å². The van der Waals surface area contributed by atoms with Crippen molar-refractivity contribution in [3.05, 3.63) is 29.8 Å². The Morgan fingerprint density at radius 1 is 1.12 bits per heavy atom. The minimum atomic E-state index is -0.0449. The summed E-state index contributed by atoms with van der Waals surface area (Å²) in [5, 5.41) is 6.31. The first kappa shape index (κ1) is 15.3. The van der Waals surface area contributed by atoms with Gasteiger partial charge in [0.25, 0.3) is 0 Å². The minimum Gasteiger partial charge on any atom is -0.370 e. The van der Waals surface area contributed by atoms with Gasteiger partial charge >= 0.3 is 6.03 Å². The Bertz CT molecular complexity index is 650. The van der Waals surface area contributed by atoms with Crippen LogP contribution in [0.25, 0.3) is 0 Å². The number of carbonyl (C=O) groups is 1. The molecule has 0 aromatic heterocycles. The van der Waals surface area contributed by atoms with Crippen LogP contribution in [0, 0.1) is 17.8 Å². The van der Waals surface area contributed by atoms with E-state index in [0.717, 1.165) is 17.4 Å². The molecule has 4 saturated carbocycles. The number of amides is 2. The lowest BCUT2D eigenvalue weighted by Crippen LogP contribution is -2.52. The van der Waals surface area contributed by atoms with Crippen molar-refractivity contribution in [2.75, 3.05) is 0 Å². The van der Waals surface area contributed by atoms with Gasteiger partial charge in [0.15, 0.2) is 5.96 Å². The highest BCUT2D eigenvalue weighted by molar-refractivity contribution is 5.79. The largest absolute Gasteiger partial charge is 0.370 e. The Morgan fingerprint density at radius 3 is 2.42 bits per heavy atom. The second kappa shape index (κ2) is 5.69. The molecule has 1 aromatic carbocycles. The van der Waals surface area contributed by atoms with Crippen LogP contribution in [0.3, 0.4) is 0 Å². The molecule has 2 amide bonds. The summed E-state index contributed by atoms with van der Waals surface area (Å²) in [4.78, 5) is 16.3. The van der Waals surface area contributed by atoms with E-state index in [0.29, 0.717) is 18.2 Å². The zero-order chi connectivity index (χ0) is 16.7. The van der Waals surface area contributed by atoms with Crippen molar-refractivity contribution >= 4 is 17.7 Å². The predicted octanol–water partition coefficient (Wildman–Crippen LogP) is 1.97. The maximum absolute atomic E-state index is 12.4. The SMILES string of the molecule is NC(N)=Nc1ccc(CNC(=O)NC23CC4CC(CC2C4)C3)cc1. The van der Waals surface area contributed by atoms with E-state index < -0.39 is 0 Å². The monoisotopic (exact) mass is 327 g/mol. The number of rotatable bonds is 4. The van der Waals surface area contributed by atoms with Crippen LogP contribution in [0.5, 0.6) is 0 Å². The number of hydrogen-bond acceptors (Lipinski definition) is 2. The van der Waals surface area contributed by atoms with Crippen LogP contribution in [-0.4, -0.2) is 17.5 Å². The lowest BCUT2D eigenvalue weighted by atomic mass is 9.80. The lowest BCUT2D eigenvalue weighted by Gasteiger charge is -2.33. The molecule has 6 heteroatoms. The number of hydrogen-bond donors (Lipinski definition) is 4. The molecule has 0 aliphatic heterocycles. The van der Waals surface area contributed by atoms with Crippen LogP contribution in [-0.2, 0) is 6.54 Å². The van der Waals surface area contributed by atoms with Crippen molar-refractivity contribution < 1.29 is 4.79 Å².